The molecule has 0 radical (unpaired) electrons. The first-order chi connectivity index (χ1) is 16.6. The number of benzene rings is 1. The zero-order valence-electron chi connectivity index (χ0n) is 19.7. The summed E-state index contributed by atoms with van der Waals surface area (Å²) in [6, 6.07) is 9.88. The number of hydrogen-bond acceptors (Lipinski definition) is 7. The lowest BCUT2D eigenvalue weighted by Gasteiger charge is -2.17. The van der Waals surface area contributed by atoms with Gasteiger partial charge < -0.3 is 19.9 Å². The van der Waals surface area contributed by atoms with Gasteiger partial charge in [-0.3, -0.25) is 4.79 Å². The van der Waals surface area contributed by atoms with Gasteiger partial charge in [-0.15, -0.1) is 11.3 Å². The molecular weight excluding hydrogens is 450 g/mol. The molecule has 0 spiro atoms. The van der Waals surface area contributed by atoms with Crippen LogP contribution in [0.1, 0.15) is 59.1 Å². The molecule has 34 heavy (non-hydrogen) atoms. The van der Waals surface area contributed by atoms with E-state index in [0.29, 0.717) is 11.5 Å². The highest BCUT2D eigenvalue weighted by atomic mass is 32.1. The molecule has 0 amide bonds. The molecular formula is C26H31N3O4S. The van der Waals surface area contributed by atoms with Crippen molar-refractivity contribution in [3.8, 4) is 11.5 Å². The van der Waals surface area contributed by atoms with Gasteiger partial charge in [0.05, 0.1) is 26.3 Å². The van der Waals surface area contributed by atoms with E-state index < -0.39 is 5.97 Å². The van der Waals surface area contributed by atoms with E-state index >= 15 is 0 Å². The topological polar surface area (TPSA) is 93.6 Å². The number of thiazole rings is 1. The monoisotopic (exact) mass is 481 g/mol. The van der Waals surface area contributed by atoms with Crippen molar-refractivity contribution in [2.45, 2.75) is 50.9 Å². The Morgan fingerprint density at radius 3 is 2.65 bits per heavy atom. The summed E-state index contributed by atoms with van der Waals surface area (Å²) in [6.07, 6.45) is 6.10. The van der Waals surface area contributed by atoms with Crippen LogP contribution in [0.4, 0.5) is 5.82 Å². The van der Waals surface area contributed by atoms with E-state index in [4.69, 9.17) is 19.4 Å². The highest BCUT2D eigenvalue weighted by molar-refractivity contribution is 7.09. The summed E-state index contributed by atoms with van der Waals surface area (Å²) in [4.78, 5) is 21.2. The lowest BCUT2D eigenvalue weighted by Crippen LogP contribution is -2.14. The Morgan fingerprint density at radius 1 is 1.09 bits per heavy atom. The average Bonchev–Trinajstić information content (AvgIpc) is 3.33. The number of rotatable bonds is 11. The number of carboxylic acid groups (broad SMARTS) is 1. The zero-order valence-corrected chi connectivity index (χ0v) is 20.5. The molecule has 0 fully saturated rings. The highest BCUT2D eigenvalue weighted by Crippen LogP contribution is 2.36. The molecule has 0 saturated heterocycles. The molecule has 0 aliphatic carbocycles. The summed E-state index contributed by atoms with van der Waals surface area (Å²) in [6.45, 7) is 1.00. The maximum Gasteiger partial charge on any atom is 0.304 e. The largest absolute Gasteiger partial charge is 0.493 e. The molecule has 2 N–H and O–H groups in total. The Balaban J connectivity index is 1.38. The molecule has 0 bridgehead atoms. The van der Waals surface area contributed by atoms with Gasteiger partial charge in [0.1, 0.15) is 10.8 Å². The van der Waals surface area contributed by atoms with Crippen LogP contribution < -0.4 is 14.8 Å². The summed E-state index contributed by atoms with van der Waals surface area (Å²) in [7, 11) is 3.16. The molecule has 1 atom stereocenters. The van der Waals surface area contributed by atoms with Crippen molar-refractivity contribution >= 4 is 23.1 Å². The van der Waals surface area contributed by atoms with Crippen LogP contribution in [-0.4, -0.2) is 41.8 Å². The Kier molecular flexibility index (Phi) is 8.00. The Hall–Kier alpha value is -3.13. The molecule has 1 unspecified atom stereocenters. The minimum atomic E-state index is -0.858. The molecule has 1 aromatic carbocycles. The minimum absolute atomic E-state index is 0.0273. The number of ether oxygens (including phenoxy) is 2. The first-order valence-electron chi connectivity index (χ1n) is 11.7. The fourth-order valence-electron chi connectivity index (χ4n) is 4.31. The summed E-state index contributed by atoms with van der Waals surface area (Å²) < 4.78 is 10.7. The van der Waals surface area contributed by atoms with Gasteiger partial charge in [-0.2, -0.15) is 0 Å². The SMILES string of the molecule is COc1ccc(C(CC(=O)O)c2nc(CCCCc3ccc4c(n3)NCCC4)cs2)cc1OC. The third-order valence-electron chi connectivity index (χ3n) is 6.12. The van der Waals surface area contributed by atoms with Gasteiger partial charge in [0.25, 0.3) is 0 Å². The minimum Gasteiger partial charge on any atom is -0.493 e. The molecule has 180 valence electrons. The molecule has 3 aromatic rings. The number of unbranched alkanes of at least 4 members (excludes halogenated alkanes) is 1. The maximum atomic E-state index is 11.6. The van der Waals surface area contributed by atoms with E-state index in [9.17, 15) is 9.90 Å². The van der Waals surface area contributed by atoms with E-state index in [0.717, 1.165) is 66.4 Å². The van der Waals surface area contributed by atoms with Crippen LogP contribution in [0.25, 0.3) is 0 Å². The van der Waals surface area contributed by atoms with Crippen molar-refractivity contribution < 1.29 is 19.4 Å². The number of carboxylic acids is 1. The van der Waals surface area contributed by atoms with Crippen LogP contribution in [0.5, 0.6) is 11.5 Å². The lowest BCUT2D eigenvalue weighted by atomic mass is 9.96. The lowest BCUT2D eigenvalue weighted by molar-refractivity contribution is -0.137. The van der Waals surface area contributed by atoms with Gasteiger partial charge >= 0.3 is 5.97 Å². The fourth-order valence-corrected chi connectivity index (χ4v) is 5.29. The normalized spacial score (nSPS) is 13.6. The van der Waals surface area contributed by atoms with Crippen LogP contribution in [-0.2, 0) is 24.1 Å². The predicted molar refractivity (Wildman–Crippen MR) is 133 cm³/mol. The summed E-state index contributed by atoms with van der Waals surface area (Å²) in [5.74, 6) is 1.06. The number of carbonyl (C=O) groups is 1. The molecule has 0 saturated carbocycles. The van der Waals surface area contributed by atoms with Crippen molar-refractivity contribution in [3.63, 3.8) is 0 Å². The molecule has 8 heteroatoms. The van der Waals surface area contributed by atoms with Crippen LogP contribution in [0, 0.1) is 0 Å². The Bertz CT molecular complexity index is 1130. The second-order valence-electron chi connectivity index (χ2n) is 8.49. The van der Waals surface area contributed by atoms with Crippen molar-refractivity contribution in [1.29, 1.82) is 0 Å². The third kappa shape index (κ3) is 5.86. The molecule has 1 aliphatic heterocycles. The number of nitrogens with zero attached hydrogens (tertiary/aromatic N) is 2. The fraction of sp³-hybridized carbons (Fsp3) is 0.423. The van der Waals surface area contributed by atoms with Gasteiger partial charge in [0.15, 0.2) is 11.5 Å². The number of methoxy groups -OCH3 is 2. The average molecular weight is 482 g/mol. The number of hydrogen-bond donors (Lipinski definition) is 2. The number of anilines is 1. The predicted octanol–water partition coefficient (Wildman–Crippen LogP) is 5.09. The number of fused-ring (bicyclic) bond motifs is 1. The van der Waals surface area contributed by atoms with Gasteiger partial charge in [-0.25, -0.2) is 9.97 Å². The van der Waals surface area contributed by atoms with Crippen LogP contribution in [0.15, 0.2) is 35.7 Å². The first kappa shape index (κ1) is 24.0. The summed E-state index contributed by atoms with van der Waals surface area (Å²) in [5.41, 5.74) is 4.31. The molecule has 4 rings (SSSR count). The Labute approximate surface area is 204 Å². The number of nitrogens with one attached hydrogen (secondary N) is 1. The number of aromatic nitrogens is 2. The van der Waals surface area contributed by atoms with Crippen LogP contribution in [0.3, 0.4) is 0 Å². The summed E-state index contributed by atoms with van der Waals surface area (Å²) >= 11 is 1.52. The van der Waals surface area contributed by atoms with E-state index in [2.05, 4.69) is 17.4 Å². The number of aliphatic carboxylic acids is 1. The van der Waals surface area contributed by atoms with Gasteiger partial charge in [-0.05, 0) is 67.9 Å². The molecule has 2 aromatic heterocycles. The van der Waals surface area contributed by atoms with Crippen LogP contribution >= 0.6 is 11.3 Å². The highest BCUT2D eigenvalue weighted by Gasteiger charge is 2.23. The smallest absolute Gasteiger partial charge is 0.304 e. The second-order valence-corrected chi connectivity index (χ2v) is 9.38. The zero-order chi connectivity index (χ0) is 23.9. The van der Waals surface area contributed by atoms with E-state index in [-0.39, 0.29) is 12.3 Å². The van der Waals surface area contributed by atoms with E-state index in [1.165, 1.54) is 23.3 Å². The van der Waals surface area contributed by atoms with Crippen molar-refractivity contribution in [2.24, 2.45) is 0 Å². The third-order valence-corrected chi connectivity index (χ3v) is 7.13. The van der Waals surface area contributed by atoms with Crippen molar-refractivity contribution in [2.75, 3.05) is 26.1 Å². The molecule has 7 nitrogen and oxygen atoms in total. The maximum absolute atomic E-state index is 11.6. The van der Waals surface area contributed by atoms with Gasteiger partial charge in [0, 0.05) is 23.5 Å². The van der Waals surface area contributed by atoms with E-state index in [1.807, 2.05) is 23.6 Å². The standard InChI is InChI=1S/C26H31N3O4S/c1-32-22-12-10-18(14-23(22)33-2)21(15-24(30)31)26-29-20(16-34-26)8-4-3-7-19-11-9-17-6-5-13-27-25(17)28-19/h9-12,14,16,21H,3-8,13,15H2,1-2H3,(H,27,28)(H,30,31). The Morgan fingerprint density at radius 2 is 1.88 bits per heavy atom. The van der Waals surface area contributed by atoms with E-state index in [1.54, 1.807) is 14.2 Å². The summed E-state index contributed by atoms with van der Waals surface area (Å²) in [5, 5.41) is 15.8. The first-order valence-corrected chi connectivity index (χ1v) is 12.6. The number of pyridine rings is 1. The van der Waals surface area contributed by atoms with Crippen molar-refractivity contribution in [3.05, 3.63) is 63.2 Å². The molecule has 1 aliphatic rings. The second kappa shape index (κ2) is 11.3. The quantitative estimate of drug-likeness (QED) is 0.369. The van der Waals surface area contributed by atoms with Gasteiger partial charge in [0.2, 0.25) is 0 Å². The van der Waals surface area contributed by atoms with Crippen molar-refractivity contribution in [1.82, 2.24) is 9.97 Å². The number of aryl methyl sites for hydroxylation is 3. The van der Waals surface area contributed by atoms with Gasteiger partial charge in [-0.1, -0.05) is 12.1 Å². The van der Waals surface area contributed by atoms with Crippen LogP contribution in [0.2, 0.25) is 0 Å². The molecule has 3 heterocycles.